The van der Waals surface area contributed by atoms with Crippen LogP contribution in [-0.4, -0.2) is 12.6 Å². The van der Waals surface area contributed by atoms with Crippen molar-refractivity contribution in [2.45, 2.75) is 60.3 Å². The van der Waals surface area contributed by atoms with Crippen LogP contribution < -0.4 is 10.1 Å². The molecule has 1 saturated carbocycles. The van der Waals surface area contributed by atoms with Gasteiger partial charge in [-0.2, -0.15) is 0 Å². The molecule has 0 bridgehead atoms. The Morgan fingerprint density at radius 1 is 1.23 bits per heavy atom. The number of hydrogen-bond donors (Lipinski definition) is 1. The molecule has 1 atom stereocenters. The smallest absolute Gasteiger partial charge is 0.410 e. The van der Waals surface area contributed by atoms with Crippen LogP contribution in [0.5, 0.6) is 5.75 Å². The van der Waals surface area contributed by atoms with Crippen molar-refractivity contribution < 1.29 is 9.53 Å². The van der Waals surface area contributed by atoms with Crippen LogP contribution in [0.1, 0.15) is 57.6 Å². The predicted octanol–water partition coefficient (Wildman–Crippen LogP) is 5.00. The van der Waals surface area contributed by atoms with Crippen molar-refractivity contribution in [1.82, 2.24) is 5.32 Å². The Labute approximate surface area is 134 Å². The van der Waals surface area contributed by atoms with Crippen molar-refractivity contribution in [3.63, 3.8) is 0 Å². The van der Waals surface area contributed by atoms with Crippen LogP contribution in [0.15, 0.2) is 18.2 Å². The lowest BCUT2D eigenvalue weighted by Gasteiger charge is -2.42. The Morgan fingerprint density at radius 2 is 1.95 bits per heavy atom. The summed E-state index contributed by atoms with van der Waals surface area (Å²) in [6.07, 6.45) is 4.47. The van der Waals surface area contributed by atoms with Gasteiger partial charge < -0.3 is 10.1 Å². The lowest BCUT2D eigenvalue weighted by atomic mass is 9.64. The fourth-order valence-electron chi connectivity index (χ4n) is 3.73. The number of rotatable bonds is 3. The zero-order chi connectivity index (χ0) is 16.4. The second kappa shape index (κ2) is 6.31. The standard InChI is InChI=1S/C19H29NO2/c1-14-8-6-9-16(15(14)2)22-17(21)20-13-19(5)11-7-10-18(3,4)12-19/h6,8-9H,7,10-13H2,1-5H3,(H,20,21). The molecule has 0 aliphatic heterocycles. The van der Waals surface area contributed by atoms with E-state index >= 15 is 0 Å². The number of ether oxygens (including phenoxy) is 1. The fraction of sp³-hybridized carbons (Fsp3) is 0.632. The number of carbonyl (C=O) groups excluding carboxylic acids is 1. The minimum Gasteiger partial charge on any atom is -0.410 e. The summed E-state index contributed by atoms with van der Waals surface area (Å²) < 4.78 is 5.46. The fourth-order valence-corrected chi connectivity index (χ4v) is 3.73. The van der Waals surface area contributed by atoms with E-state index in [4.69, 9.17) is 4.74 Å². The average molecular weight is 303 g/mol. The van der Waals surface area contributed by atoms with Gasteiger partial charge in [0.25, 0.3) is 0 Å². The molecule has 0 saturated heterocycles. The number of carbonyl (C=O) groups is 1. The van der Waals surface area contributed by atoms with E-state index < -0.39 is 0 Å². The second-order valence-electron chi connectivity index (χ2n) is 7.95. The molecule has 2 rings (SSSR count). The molecule has 1 N–H and O–H groups in total. The van der Waals surface area contributed by atoms with Crippen molar-refractivity contribution in [3.05, 3.63) is 29.3 Å². The lowest BCUT2D eigenvalue weighted by Crippen LogP contribution is -2.41. The summed E-state index contributed by atoms with van der Waals surface area (Å²) in [5.74, 6) is 0.645. The number of nitrogens with one attached hydrogen (secondary N) is 1. The molecule has 1 unspecified atom stereocenters. The highest BCUT2D eigenvalue weighted by Crippen LogP contribution is 2.45. The Morgan fingerprint density at radius 3 is 2.64 bits per heavy atom. The zero-order valence-corrected chi connectivity index (χ0v) is 14.6. The first kappa shape index (κ1) is 16.9. The average Bonchev–Trinajstić information content (AvgIpc) is 2.40. The number of benzene rings is 1. The molecule has 22 heavy (non-hydrogen) atoms. The SMILES string of the molecule is Cc1cccc(OC(=O)NCC2(C)CCCC(C)(C)C2)c1C. The topological polar surface area (TPSA) is 38.3 Å². The molecule has 3 heteroatoms. The number of aryl methyl sites for hydroxylation is 1. The predicted molar refractivity (Wildman–Crippen MR) is 90.3 cm³/mol. The summed E-state index contributed by atoms with van der Waals surface area (Å²) in [5, 5.41) is 2.96. The van der Waals surface area contributed by atoms with E-state index in [2.05, 4.69) is 26.1 Å². The summed E-state index contributed by atoms with van der Waals surface area (Å²) in [5.41, 5.74) is 2.68. The molecule has 0 aromatic heterocycles. The van der Waals surface area contributed by atoms with Gasteiger partial charge in [0.05, 0.1) is 0 Å². The van der Waals surface area contributed by atoms with Gasteiger partial charge in [0.1, 0.15) is 5.75 Å². The van der Waals surface area contributed by atoms with Crippen LogP contribution in [0.3, 0.4) is 0 Å². The van der Waals surface area contributed by atoms with Crippen LogP contribution in [0, 0.1) is 24.7 Å². The van der Waals surface area contributed by atoms with Crippen LogP contribution >= 0.6 is 0 Å². The zero-order valence-electron chi connectivity index (χ0n) is 14.6. The van der Waals surface area contributed by atoms with Gasteiger partial charge in [0, 0.05) is 6.54 Å². The van der Waals surface area contributed by atoms with Gasteiger partial charge in [-0.25, -0.2) is 4.79 Å². The first-order valence-electron chi connectivity index (χ1n) is 8.23. The molecule has 1 fully saturated rings. The molecule has 0 heterocycles. The Bertz CT molecular complexity index is 550. The van der Waals surface area contributed by atoms with E-state index in [1.165, 1.54) is 19.3 Å². The van der Waals surface area contributed by atoms with Gasteiger partial charge in [-0.1, -0.05) is 39.3 Å². The van der Waals surface area contributed by atoms with E-state index in [-0.39, 0.29) is 11.5 Å². The van der Waals surface area contributed by atoms with Gasteiger partial charge in [-0.05, 0) is 61.1 Å². The first-order valence-corrected chi connectivity index (χ1v) is 8.23. The summed E-state index contributed by atoms with van der Waals surface area (Å²) in [6.45, 7) is 11.6. The summed E-state index contributed by atoms with van der Waals surface area (Å²) in [6, 6.07) is 5.77. The molecule has 3 nitrogen and oxygen atoms in total. The maximum Gasteiger partial charge on any atom is 0.412 e. The van der Waals surface area contributed by atoms with Gasteiger partial charge in [-0.15, -0.1) is 0 Å². The Hall–Kier alpha value is -1.51. The van der Waals surface area contributed by atoms with Crippen LogP contribution in [0.4, 0.5) is 4.79 Å². The van der Waals surface area contributed by atoms with E-state index in [0.29, 0.717) is 17.7 Å². The molecular formula is C19H29NO2. The highest BCUT2D eigenvalue weighted by atomic mass is 16.6. The van der Waals surface area contributed by atoms with Gasteiger partial charge >= 0.3 is 6.09 Å². The van der Waals surface area contributed by atoms with E-state index in [0.717, 1.165) is 17.5 Å². The summed E-state index contributed by atoms with van der Waals surface area (Å²) in [7, 11) is 0. The molecule has 1 aromatic rings. The molecule has 1 aliphatic rings. The normalized spacial score (nSPS) is 23.9. The molecule has 0 spiro atoms. The van der Waals surface area contributed by atoms with Crippen molar-refractivity contribution in [2.24, 2.45) is 10.8 Å². The number of amides is 1. The maximum atomic E-state index is 12.1. The Kier molecular flexibility index (Phi) is 4.84. The monoisotopic (exact) mass is 303 g/mol. The quantitative estimate of drug-likeness (QED) is 0.853. The third-order valence-corrected chi connectivity index (χ3v) is 4.96. The first-order chi connectivity index (χ1) is 10.2. The molecule has 0 radical (unpaired) electrons. The highest BCUT2D eigenvalue weighted by Gasteiger charge is 2.36. The van der Waals surface area contributed by atoms with Crippen molar-refractivity contribution in [2.75, 3.05) is 6.54 Å². The summed E-state index contributed by atoms with van der Waals surface area (Å²) >= 11 is 0. The van der Waals surface area contributed by atoms with Crippen LogP contribution in [-0.2, 0) is 0 Å². The molecule has 1 aromatic carbocycles. The summed E-state index contributed by atoms with van der Waals surface area (Å²) in [4.78, 5) is 12.1. The largest absolute Gasteiger partial charge is 0.412 e. The highest BCUT2D eigenvalue weighted by molar-refractivity contribution is 5.71. The number of hydrogen-bond acceptors (Lipinski definition) is 2. The third kappa shape index (κ3) is 4.25. The molecule has 1 aliphatic carbocycles. The van der Waals surface area contributed by atoms with E-state index in [9.17, 15) is 4.79 Å². The van der Waals surface area contributed by atoms with E-state index in [1.807, 2.05) is 32.0 Å². The van der Waals surface area contributed by atoms with Crippen LogP contribution in [0.25, 0.3) is 0 Å². The van der Waals surface area contributed by atoms with Gasteiger partial charge in [0.15, 0.2) is 0 Å². The lowest BCUT2D eigenvalue weighted by molar-refractivity contribution is 0.0969. The van der Waals surface area contributed by atoms with Crippen LogP contribution in [0.2, 0.25) is 0 Å². The Balaban J connectivity index is 1.91. The molecular weight excluding hydrogens is 274 g/mol. The maximum absolute atomic E-state index is 12.1. The minimum atomic E-state index is -0.349. The third-order valence-electron chi connectivity index (χ3n) is 4.96. The second-order valence-corrected chi connectivity index (χ2v) is 7.95. The van der Waals surface area contributed by atoms with Gasteiger partial charge in [0.2, 0.25) is 0 Å². The van der Waals surface area contributed by atoms with Gasteiger partial charge in [-0.3, -0.25) is 0 Å². The van der Waals surface area contributed by atoms with Crippen molar-refractivity contribution in [3.8, 4) is 5.75 Å². The van der Waals surface area contributed by atoms with Crippen molar-refractivity contribution in [1.29, 1.82) is 0 Å². The van der Waals surface area contributed by atoms with E-state index in [1.54, 1.807) is 0 Å². The molecule has 1 amide bonds. The molecule has 122 valence electrons. The van der Waals surface area contributed by atoms with Crippen molar-refractivity contribution >= 4 is 6.09 Å². The minimum absolute atomic E-state index is 0.169.